The molecule has 1 unspecified atom stereocenters. The monoisotopic (exact) mass is 280 g/mol. The predicted octanol–water partition coefficient (Wildman–Crippen LogP) is 0.638. The molecule has 20 heavy (non-hydrogen) atoms. The molecule has 2 rings (SSSR count). The fraction of sp³-hybridized carbons (Fsp3) is 0.500. The van der Waals surface area contributed by atoms with Gasteiger partial charge >= 0.3 is 0 Å². The molecule has 0 radical (unpaired) electrons. The normalized spacial score (nSPS) is 19.8. The highest BCUT2D eigenvalue weighted by Crippen LogP contribution is 2.28. The number of amides is 1. The van der Waals surface area contributed by atoms with Crippen molar-refractivity contribution in [1.29, 1.82) is 0 Å². The second-order valence-corrected chi connectivity index (χ2v) is 4.89. The molecule has 1 saturated heterocycles. The number of anilines is 1. The molecule has 0 saturated carbocycles. The summed E-state index contributed by atoms with van der Waals surface area (Å²) in [6.45, 7) is 2.55. The molecule has 110 valence electrons. The molecule has 1 aliphatic heterocycles. The Morgan fingerprint density at radius 1 is 1.55 bits per heavy atom. The van der Waals surface area contributed by atoms with Crippen LogP contribution in [0.2, 0.25) is 0 Å². The molecule has 0 spiro atoms. The lowest BCUT2D eigenvalue weighted by molar-refractivity contribution is -0.138. The Morgan fingerprint density at radius 2 is 2.30 bits per heavy atom. The third-order valence-electron chi connectivity index (χ3n) is 3.32. The van der Waals surface area contributed by atoms with Gasteiger partial charge in [-0.05, 0) is 19.1 Å². The van der Waals surface area contributed by atoms with Crippen molar-refractivity contribution >= 4 is 11.6 Å². The molecule has 1 aromatic rings. The van der Waals surface area contributed by atoms with Gasteiger partial charge in [0.25, 0.3) is 5.91 Å². The Morgan fingerprint density at radius 3 is 2.95 bits per heavy atom. The Kier molecular flexibility index (Phi) is 4.34. The quantitative estimate of drug-likeness (QED) is 0.791. The maximum Gasteiger partial charge on any atom is 0.251 e. The lowest BCUT2D eigenvalue weighted by Crippen LogP contribution is -2.37. The lowest BCUT2D eigenvalue weighted by Gasteiger charge is -2.18. The first-order valence-electron chi connectivity index (χ1n) is 6.58. The molecular formula is C14H20N2O4. The minimum atomic E-state index is -0.967. The zero-order chi connectivity index (χ0) is 14.7. The maximum atomic E-state index is 11.7. The lowest BCUT2D eigenvalue weighted by atomic mass is 10.2. The summed E-state index contributed by atoms with van der Waals surface area (Å²) >= 11 is 0. The van der Waals surface area contributed by atoms with E-state index in [1.54, 1.807) is 30.2 Å². The molecule has 2 atom stereocenters. The molecule has 0 aliphatic carbocycles. The van der Waals surface area contributed by atoms with Crippen molar-refractivity contribution in [2.75, 3.05) is 25.9 Å². The van der Waals surface area contributed by atoms with E-state index in [1.165, 1.54) is 6.92 Å². The van der Waals surface area contributed by atoms with Crippen LogP contribution < -0.4 is 15.2 Å². The van der Waals surface area contributed by atoms with Crippen LogP contribution in [-0.4, -0.2) is 48.3 Å². The average Bonchev–Trinajstić information content (AvgIpc) is 2.88. The number of hydrogen-bond acceptors (Lipinski definition) is 5. The number of nitrogens with two attached hydrogens (primary N) is 1. The van der Waals surface area contributed by atoms with Crippen molar-refractivity contribution in [3.63, 3.8) is 0 Å². The Labute approximate surface area is 118 Å². The van der Waals surface area contributed by atoms with E-state index < -0.39 is 6.10 Å². The summed E-state index contributed by atoms with van der Waals surface area (Å²) in [5, 5.41) is 9.29. The first-order chi connectivity index (χ1) is 9.51. The molecule has 6 nitrogen and oxygen atoms in total. The Bertz CT molecular complexity index is 490. The van der Waals surface area contributed by atoms with Gasteiger partial charge in [0.15, 0.2) is 0 Å². The van der Waals surface area contributed by atoms with E-state index in [0.717, 1.165) is 6.42 Å². The summed E-state index contributed by atoms with van der Waals surface area (Å²) in [5.74, 6) is 0.968. The van der Waals surface area contributed by atoms with E-state index in [-0.39, 0.29) is 12.0 Å². The van der Waals surface area contributed by atoms with Crippen LogP contribution in [0.15, 0.2) is 18.2 Å². The van der Waals surface area contributed by atoms with Gasteiger partial charge in [0.2, 0.25) is 0 Å². The predicted molar refractivity (Wildman–Crippen MR) is 74.7 cm³/mol. The first kappa shape index (κ1) is 14.5. The zero-order valence-electron chi connectivity index (χ0n) is 11.7. The van der Waals surface area contributed by atoms with Gasteiger partial charge in [0.05, 0.1) is 19.3 Å². The number of benzene rings is 1. The number of hydrogen-bond donors (Lipinski definition) is 2. The molecule has 1 aromatic carbocycles. The number of aliphatic hydroxyl groups is 1. The summed E-state index contributed by atoms with van der Waals surface area (Å²) in [5.41, 5.74) is 6.29. The second kappa shape index (κ2) is 6.00. The number of aliphatic hydroxyl groups excluding tert-OH is 1. The molecule has 6 heteroatoms. The Balaban J connectivity index is 1.97. The summed E-state index contributed by atoms with van der Waals surface area (Å²) in [4.78, 5) is 13.3. The Hall–Kier alpha value is -1.95. The number of carbonyl (C=O) groups excluding carboxylic acids is 1. The fourth-order valence-electron chi connectivity index (χ4n) is 2.25. The highest BCUT2D eigenvalue weighted by molar-refractivity contribution is 5.80. The third kappa shape index (κ3) is 3.14. The minimum Gasteiger partial charge on any atom is -0.494 e. The largest absolute Gasteiger partial charge is 0.494 e. The molecule has 3 N–H and O–H groups in total. The number of ether oxygens (including phenoxy) is 2. The van der Waals surface area contributed by atoms with Gasteiger partial charge in [-0.2, -0.15) is 0 Å². The van der Waals surface area contributed by atoms with Crippen molar-refractivity contribution in [2.24, 2.45) is 0 Å². The van der Waals surface area contributed by atoms with Crippen molar-refractivity contribution in [3.8, 4) is 11.5 Å². The number of nitrogens with zero attached hydrogens (tertiary/aromatic N) is 1. The van der Waals surface area contributed by atoms with Gasteiger partial charge in [-0.3, -0.25) is 4.79 Å². The fourth-order valence-corrected chi connectivity index (χ4v) is 2.25. The minimum absolute atomic E-state index is 0.0777. The van der Waals surface area contributed by atoms with Gasteiger partial charge in [-0.1, -0.05) is 0 Å². The van der Waals surface area contributed by atoms with Crippen molar-refractivity contribution < 1.29 is 19.4 Å². The van der Waals surface area contributed by atoms with Gasteiger partial charge in [0.1, 0.15) is 23.7 Å². The van der Waals surface area contributed by atoms with E-state index in [9.17, 15) is 9.90 Å². The van der Waals surface area contributed by atoms with Crippen LogP contribution >= 0.6 is 0 Å². The van der Waals surface area contributed by atoms with Crippen molar-refractivity contribution in [2.45, 2.75) is 25.6 Å². The van der Waals surface area contributed by atoms with Crippen LogP contribution in [0.5, 0.6) is 11.5 Å². The topological polar surface area (TPSA) is 85.0 Å². The van der Waals surface area contributed by atoms with E-state index in [4.69, 9.17) is 15.2 Å². The van der Waals surface area contributed by atoms with Gasteiger partial charge in [-0.15, -0.1) is 0 Å². The van der Waals surface area contributed by atoms with E-state index >= 15 is 0 Å². The van der Waals surface area contributed by atoms with Crippen molar-refractivity contribution in [3.05, 3.63) is 18.2 Å². The summed E-state index contributed by atoms with van der Waals surface area (Å²) in [7, 11) is 1.55. The van der Waals surface area contributed by atoms with Crippen LogP contribution in [0.4, 0.5) is 5.69 Å². The van der Waals surface area contributed by atoms with Crippen LogP contribution in [0, 0.1) is 0 Å². The molecule has 0 aromatic heterocycles. The van der Waals surface area contributed by atoms with Gasteiger partial charge in [0, 0.05) is 19.0 Å². The number of likely N-dealkylation sites (tertiary alicyclic amines) is 1. The van der Waals surface area contributed by atoms with Gasteiger partial charge < -0.3 is 25.2 Å². The molecule has 1 aliphatic rings. The number of carbonyl (C=O) groups is 1. The van der Waals surface area contributed by atoms with Crippen LogP contribution in [0.25, 0.3) is 0 Å². The highest BCUT2D eigenvalue weighted by atomic mass is 16.5. The smallest absolute Gasteiger partial charge is 0.251 e. The van der Waals surface area contributed by atoms with Crippen LogP contribution in [0.3, 0.4) is 0 Å². The zero-order valence-corrected chi connectivity index (χ0v) is 11.7. The second-order valence-electron chi connectivity index (χ2n) is 4.89. The van der Waals surface area contributed by atoms with Crippen LogP contribution in [-0.2, 0) is 4.79 Å². The van der Waals surface area contributed by atoms with Gasteiger partial charge in [-0.25, -0.2) is 0 Å². The summed E-state index contributed by atoms with van der Waals surface area (Å²) in [6, 6.07) is 5.23. The molecule has 0 bridgehead atoms. The summed E-state index contributed by atoms with van der Waals surface area (Å²) in [6.07, 6.45) is -0.304. The van der Waals surface area contributed by atoms with E-state index in [0.29, 0.717) is 30.3 Å². The molecule has 1 amide bonds. The standard InChI is InChI=1S/C14H20N2O4/c1-9(17)14(18)16-6-5-11(8-16)20-10-3-4-12(15)13(7-10)19-2/h3-4,7,9,11,17H,5-6,8,15H2,1-2H3/t9?,11-/m1/s1. The van der Waals surface area contributed by atoms with Crippen LogP contribution in [0.1, 0.15) is 13.3 Å². The molecule has 1 fully saturated rings. The first-order valence-corrected chi connectivity index (χ1v) is 6.58. The summed E-state index contributed by atoms with van der Waals surface area (Å²) < 4.78 is 11.0. The molecular weight excluding hydrogens is 260 g/mol. The number of methoxy groups -OCH3 is 1. The average molecular weight is 280 g/mol. The van der Waals surface area contributed by atoms with E-state index in [1.807, 2.05) is 0 Å². The van der Waals surface area contributed by atoms with Crippen molar-refractivity contribution in [1.82, 2.24) is 4.90 Å². The highest BCUT2D eigenvalue weighted by Gasteiger charge is 2.29. The molecule has 1 heterocycles. The number of nitrogen functional groups attached to an aromatic ring is 1. The SMILES string of the molecule is COc1cc(O[C@@H]2CCN(C(=O)C(C)O)C2)ccc1N. The number of rotatable bonds is 4. The van der Waals surface area contributed by atoms with E-state index in [2.05, 4.69) is 0 Å². The maximum absolute atomic E-state index is 11.7. The third-order valence-corrected chi connectivity index (χ3v) is 3.32.